The molecule has 2 saturated carbocycles. The number of fused-ring (bicyclic) bond motifs is 2. The number of amides is 1. The molecule has 2 aliphatic rings. The summed E-state index contributed by atoms with van der Waals surface area (Å²) in [7, 11) is -0.713. The summed E-state index contributed by atoms with van der Waals surface area (Å²) in [6.45, 7) is 3.30. The van der Waals surface area contributed by atoms with Crippen LogP contribution in [0.5, 0.6) is 0 Å². The van der Waals surface area contributed by atoms with Gasteiger partial charge in [0.25, 0.3) is 5.91 Å². The molecule has 2 fully saturated rings. The summed E-state index contributed by atoms with van der Waals surface area (Å²) in [5, 5.41) is 2.69. The second-order valence-corrected chi connectivity index (χ2v) is 10.7. The van der Waals surface area contributed by atoms with Crippen LogP contribution < -0.4 is 5.32 Å². The predicted molar refractivity (Wildman–Crippen MR) is 110 cm³/mol. The minimum absolute atomic E-state index is 0.0873. The molecule has 0 unspecified atom stereocenters. The van der Waals surface area contributed by atoms with Gasteiger partial charge in [-0.1, -0.05) is 12.5 Å². The third-order valence-electron chi connectivity index (χ3n) is 6.24. The minimum atomic E-state index is -3.61. The fourth-order valence-electron chi connectivity index (χ4n) is 4.48. The zero-order valence-corrected chi connectivity index (χ0v) is 18.3. The maximum Gasteiger partial charge on any atom is 0.306 e. The van der Waals surface area contributed by atoms with E-state index in [-0.39, 0.29) is 10.9 Å². The second kappa shape index (κ2) is 8.44. The highest BCUT2D eigenvalue weighted by Crippen LogP contribution is 2.49. The number of nitrogens with zero attached hydrogens (tertiary/aromatic N) is 1. The monoisotopic (exact) mass is 422 g/mol. The van der Waals surface area contributed by atoms with Crippen molar-refractivity contribution in [2.45, 2.75) is 57.0 Å². The van der Waals surface area contributed by atoms with E-state index in [0.717, 1.165) is 22.2 Å². The highest BCUT2D eigenvalue weighted by Gasteiger charge is 2.40. The normalized spacial score (nSPS) is 24.5. The van der Waals surface area contributed by atoms with Gasteiger partial charge in [0.05, 0.1) is 4.90 Å². The average molecular weight is 423 g/mol. The lowest BCUT2D eigenvalue weighted by Crippen LogP contribution is -2.31. The summed E-state index contributed by atoms with van der Waals surface area (Å²) >= 11 is 0. The van der Waals surface area contributed by atoms with E-state index in [9.17, 15) is 18.0 Å². The van der Waals surface area contributed by atoms with E-state index in [4.69, 9.17) is 4.74 Å². The van der Waals surface area contributed by atoms with E-state index in [2.05, 4.69) is 5.32 Å². The Morgan fingerprint density at radius 3 is 2.55 bits per heavy atom. The number of esters is 1. The van der Waals surface area contributed by atoms with Crippen LogP contribution in [0.4, 0.5) is 5.69 Å². The van der Waals surface area contributed by atoms with Crippen molar-refractivity contribution in [3.8, 4) is 0 Å². The van der Waals surface area contributed by atoms with Gasteiger partial charge >= 0.3 is 5.97 Å². The first-order chi connectivity index (χ1) is 13.6. The molecule has 8 heteroatoms. The molecule has 4 atom stereocenters. The summed E-state index contributed by atoms with van der Waals surface area (Å²) in [6, 6.07) is 4.56. The third-order valence-corrected chi connectivity index (χ3v) is 8.05. The van der Waals surface area contributed by atoms with E-state index in [1.165, 1.54) is 52.4 Å². The van der Waals surface area contributed by atoms with Gasteiger partial charge in [0, 0.05) is 26.2 Å². The van der Waals surface area contributed by atoms with Gasteiger partial charge in [-0.15, -0.1) is 0 Å². The molecule has 2 bridgehead atoms. The van der Waals surface area contributed by atoms with Gasteiger partial charge in [-0.2, -0.15) is 0 Å². The molecule has 160 valence electrons. The van der Waals surface area contributed by atoms with Gasteiger partial charge in [0.1, 0.15) is 0 Å². The number of ether oxygens (including phenoxy) is 1. The lowest BCUT2D eigenvalue weighted by molar-refractivity contribution is -0.154. The van der Waals surface area contributed by atoms with Crippen LogP contribution in [0.2, 0.25) is 0 Å². The van der Waals surface area contributed by atoms with E-state index in [1.807, 2.05) is 0 Å². The number of aryl methyl sites for hydroxylation is 1. The highest BCUT2D eigenvalue weighted by molar-refractivity contribution is 7.89. The lowest BCUT2D eigenvalue weighted by Gasteiger charge is -2.21. The van der Waals surface area contributed by atoms with Gasteiger partial charge in [-0.25, -0.2) is 12.7 Å². The van der Waals surface area contributed by atoms with Crippen molar-refractivity contribution in [2.24, 2.45) is 17.8 Å². The van der Waals surface area contributed by atoms with Crippen LogP contribution in [0.3, 0.4) is 0 Å². The first kappa shape index (κ1) is 21.8. The number of anilines is 1. The number of nitrogens with one attached hydrogen (secondary N) is 1. The van der Waals surface area contributed by atoms with Gasteiger partial charge in [0.15, 0.2) is 6.10 Å². The number of carbonyl (C=O) groups is 2. The molecule has 1 amide bonds. The summed E-state index contributed by atoms with van der Waals surface area (Å²) in [4.78, 5) is 24.9. The molecule has 0 saturated heterocycles. The second-order valence-electron chi connectivity index (χ2n) is 8.52. The van der Waals surface area contributed by atoms with Crippen molar-refractivity contribution in [1.82, 2.24) is 4.31 Å². The summed E-state index contributed by atoms with van der Waals surface area (Å²) < 4.78 is 31.1. The zero-order chi connectivity index (χ0) is 21.3. The van der Waals surface area contributed by atoms with Crippen molar-refractivity contribution in [3.05, 3.63) is 23.8 Å². The van der Waals surface area contributed by atoms with Crippen LogP contribution in [0.15, 0.2) is 23.1 Å². The first-order valence-corrected chi connectivity index (χ1v) is 11.6. The van der Waals surface area contributed by atoms with Crippen molar-refractivity contribution >= 4 is 27.6 Å². The number of hydrogen-bond acceptors (Lipinski definition) is 5. The first-order valence-electron chi connectivity index (χ1n) is 10.1. The summed E-state index contributed by atoms with van der Waals surface area (Å²) in [5.74, 6) is 0.944. The Hall–Kier alpha value is -1.93. The maximum absolute atomic E-state index is 12.5. The quantitative estimate of drug-likeness (QED) is 0.682. The van der Waals surface area contributed by atoms with E-state index in [0.29, 0.717) is 23.9 Å². The molecule has 0 aromatic heterocycles. The maximum atomic E-state index is 12.5. The van der Waals surface area contributed by atoms with Crippen molar-refractivity contribution in [3.63, 3.8) is 0 Å². The Balaban J connectivity index is 1.60. The number of benzene rings is 1. The van der Waals surface area contributed by atoms with Gasteiger partial charge in [-0.05, 0) is 68.6 Å². The Labute approximate surface area is 172 Å². The molecule has 0 aliphatic heterocycles. The average Bonchev–Trinajstić information content (AvgIpc) is 3.25. The highest BCUT2D eigenvalue weighted by atomic mass is 32.2. The van der Waals surface area contributed by atoms with Gasteiger partial charge < -0.3 is 10.1 Å². The van der Waals surface area contributed by atoms with Crippen LogP contribution in [0, 0.1) is 24.7 Å². The van der Waals surface area contributed by atoms with Crippen molar-refractivity contribution < 1.29 is 22.7 Å². The molecule has 1 N–H and O–H groups in total. The minimum Gasteiger partial charge on any atom is -0.453 e. The smallest absolute Gasteiger partial charge is 0.306 e. The summed E-state index contributed by atoms with van der Waals surface area (Å²) in [6.07, 6.45) is 4.20. The lowest BCUT2D eigenvalue weighted by atomic mass is 9.86. The molecule has 2 aliphatic carbocycles. The zero-order valence-electron chi connectivity index (χ0n) is 17.5. The van der Waals surface area contributed by atoms with Crippen LogP contribution in [0.1, 0.15) is 44.6 Å². The van der Waals surface area contributed by atoms with E-state index >= 15 is 0 Å². The fraction of sp³-hybridized carbons (Fsp3) is 0.619. The molecule has 3 rings (SSSR count). The number of sulfonamides is 1. The molecule has 0 spiro atoms. The molecule has 7 nitrogen and oxygen atoms in total. The molecule has 1 aromatic rings. The fourth-order valence-corrected chi connectivity index (χ4v) is 5.41. The van der Waals surface area contributed by atoms with Crippen LogP contribution in [0.25, 0.3) is 0 Å². The predicted octanol–water partition coefficient (Wildman–Crippen LogP) is 2.94. The Bertz CT molecular complexity index is 896. The largest absolute Gasteiger partial charge is 0.453 e. The number of carbonyl (C=O) groups excluding carboxylic acids is 2. The molecule has 0 heterocycles. The number of hydrogen-bond donors (Lipinski definition) is 1. The van der Waals surface area contributed by atoms with Gasteiger partial charge in [0.2, 0.25) is 10.0 Å². The Kier molecular flexibility index (Phi) is 6.33. The molecule has 1 aromatic carbocycles. The molecule has 29 heavy (non-hydrogen) atoms. The molecule has 0 radical (unpaired) electrons. The van der Waals surface area contributed by atoms with Crippen molar-refractivity contribution in [1.29, 1.82) is 0 Å². The van der Waals surface area contributed by atoms with Crippen LogP contribution in [-0.2, 0) is 24.3 Å². The summed E-state index contributed by atoms with van der Waals surface area (Å²) in [5.41, 5.74) is 1.10. The van der Waals surface area contributed by atoms with E-state index in [1.54, 1.807) is 13.0 Å². The SMILES string of the molecule is Cc1ccc(S(=O)(=O)N(C)C)cc1NC(=O)[C@H](C)OC(=O)C[C@@H]1C[C@H]2CC[C@H]1C2. The molecular weight excluding hydrogens is 392 g/mol. The van der Waals surface area contributed by atoms with Crippen molar-refractivity contribution in [2.75, 3.05) is 19.4 Å². The Morgan fingerprint density at radius 2 is 1.97 bits per heavy atom. The van der Waals surface area contributed by atoms with Gasteiger partial charge in [-0.3, -0.25) is 9.59 Å². The standard InChI is InChI=1S/C21H30N2O5S/c1-13-5-8-18(29(26,27)23(3)4)12-19(13)22-21(25)14(2)28-20(24)11-17-10-15-6-7-16(17)9-15/h5,8,12,14-17H,6-7,9-11H2,1-4H3,(H,22,25)/t14-,15-,16-,17-/m0/s1. The third kappa shape index (κ3) is 4.80. The van der Waals surface area contributed by atoms with Crippen LogP contribution >= 0.6 is 0 Å². The topological polar surface area (TPSA) is 92.8 Å². The Morgan fingerprint density at radius 1 is 1.24 bits per heavy atom. The number of rotatable bonds is 7. The van der Waals surface area contributed by atoms with E-state index < -0.39 is 22.0 Å². The van der Waals surface area contributed by atoms with Crippen LogP contribution in [-0.4, -0.2) is 44.8 Å². The molecular formula is C21H30N2O5S.